The molecule has 0 atom stereocenters. The Morgan fingerprint density at radius 2 is 1.37 bits per heavy atom. The van der Waals surface area contributed by atoms with E-state index in [2.05, 4.69) is 30.8 Å². The van der Waals surface area contributed by atoms with Gasteiger partial charge in [-0.1, -0.05) is 66.2 Å². The molecule has 0 heterocycles. The largest absolute Gasteiger partial charge is 0.395 e. The van der Waals surface area contributed by atoms with Gasteiger partial charge in [0.15, 0.2) is 0 Å². The van der Waals surface area contributed by atoms with Crippen molar-refractivity contribution in [3.05, 3.63) is 83.9 Å². The maximum absolute atomic E-state index is 10.1. The fraction of sp³-hybridized carbons (Fsp3) is 0.222. The molecule has 1 N–H and O–H groups in total. The van der Waals surface area contributed by atoms with Crippen molar-refractivity contribution in [3.63, 3.8) is 0 Å². The average molecular weight is 252 g/mol. The zero-order chi connectivity index (χ0) is 13.7. The van der Waals surface area contributed by atoms with Crippen molar-refractivity contribution in [2.24, 2.45) is 0 Å². The number of hydrogen-bond donors (Lipinski definition) is 1. The van der Waals surface area contributed by atoms with E-state index >= 15 is 0 Å². The Hall–Kier alpha value is -1.86. The number of hydrogen-bond acceptors (Lipinski definition) is 1. The van der Waals surface area contributed by atoms with Crippen LogP contribution >= 0.6 is 0 Å². The van der Waals surface area contributed by atoms with Gasteiger partial charge in [0.1, 0.15) is 0 Å². The molecule has 0 radical (unpaired) electrons. The molecule has 0 aliphatic rings. The average Bonchev–Trinajstić information content (AvgIpc) is 2.46. The Balaban J connectivity index is 2.58. The summed E-state index contributed by atoms with van der Waals surface area (Å²) in [5.41, 5.74) is 2.94. The summed E-state index contributed by atoms with van der Waals surface area (Å²) in [6.45, 7) is 6.12. The smallest absolute Gasteiger partial charge is 0.0571 e. The number of benzene rings is 2. The van der Waals surface area contributed by atoms with Crippen molar-refractivity contribution in [3.8, 4) is 0 Å². The van der Waals surface area contributed by atoms with Crippen LogP contribution in [0.2, 0.25) is 0 Å². The molecular formula is C18H20O. The van der Waals surface area contributed by atoms with E-state index in [0.29, 0.717) is 0 Å². The Bertz CT molecular complexity index is 489. The highest BCUT2D eigenvalue weighted by Crippen LogP contribution is 2.37. The van der Waals surface area contributed by atoms with Crippen LogP contribution in [0.3, 0.4) is 0 Å². The predicted octanol–water partition coefficient (Wildman–Crippen LogP) is 3.93. The summed E-state index contributed by atoms with van der Waals surface area (Å²) < 4.78 is 0. The van der Waals surface area contributed by atoms with Crippen molar-refractivity contribution in [2.75, 3.05) is 6.61 Å². The van der Waals surface area contributed by atoms with Crippen LogP contribution in [0.1, 0.15) is 24.5 Å². The first-order valence-electron chi connectivity index (χ1n) is 6.55. The third-order valence-electron chi connectivity index (χ3n) is 3.53. The van der Waals surface area contributed by atoms with Crippen LogP contribution in [0.4, 0.5) is 0 Å². The lowest BCUT2D eigenvalue weighted by Gasteiger charge is -2.33. The quantitative estimate of drug-likeness (QED) is 0.799. The normalized spacial score (nSPS) is 11.3. The van der Waals surface area contributed by atoms with E-state index in [0.717, 1.165) is 23.1 Å². The summed E-state index contributed by atoms with van der Waals surface area (Å²) >= 11 is 0. The van der Waals surface area contributed by atoms with Gasteiger partial charge in [-0.15, -0.1) is 6.58 Å². The molecule has 1 nitrogen and oxygen atoms in total. The summed E-state index contributed by atoms with van der Waals surface area (Å²) in [5, 5.41) is 10.1. The highest BCUT2D eigenvalue weighted by Gasteiger charge is 2.33. The zero-order valence-corrected chi connectivity index (χ0v) is 11.3. The predicted molar refractivity (Wildman–Crippen MR) is 80.2 cm³/mol. The lowest BCUT2D eigenvalue weighted by molar-refractivity contribution is 0.218. The van der Waals surface area contributed by atoms with E-state index in [4.69, 9.17) is 0 Å². The van der Waals surface area contributed by atoms with Crippen LogP contribution in [-0.4, -0.2) is 11.7 Å². The van der Waals surface area contributed by atoms with Gasteiger partial charge in [-0.2, -0.15) is 0 Å². The maximum atomic E-state index is 10.1. The molecule has 0 aliphatic carbocycles. The zero-order valence-electron chi connectivity index (χ0n) is 11.3. The SMILES string of the molecule is C=C(C)CC(CO)(c1ccccc1)c1ccccc1. The molecule has 0 amide bonds. The molecule has 0 fully saturated rings. The third-order valence-corrected chi connectivity index (χ3v) is 3.53. The number of rotatable bonds is 5. The van der Waals surface area contributed by atoms with Crippen molar-refractivity contribution in [1.29, 1.82) is 0 Å². The van der Waals surface area contributed by atoms with Gasteiger partial charge >= 0.3 is 0 Å². The number of allylic oxidation sites excluding steroid dienone is 1. The van der Waals surface area contributed by atoms with Crippen molar-refractivity contribution in [1.82, 2.24) is 0 Å². The highest BCUT2D eigenvalue weighted by atomic mass is 16.3. The van der Waals surface area contributed by atoms with Gasteiger partial charge in [0.2, 0.25) is 0 Å². The molecule has 2 rings (SSSR count). The lowest BCUT2D eigenvalue weighted by Crippen LogP contribution is -2.32. The van der Waals surface area contributed by atoms with Crippen molar-refractivity contribution < 1.29 is 5.11 Å². The molecule has 98 valence electrons. The van der Waals surface area contributed by atoms with E-state index < -0.39 is 5.41 Å². The summed E-state index contributed by atoms with van der Waals surface area (Å²) in [4.78, 5) is 0. The molecule has 2 aromatic rings. The first kappa shape index (κ1) is 13.6. The van der Waals surface area contributed by atoms with Crippen LogP contribution in [0.25, 0.3) is 0 Å². The molecule has 19 heavy (non-hydrogen) atoms. The minimum Gasteiger partial charge on any atom is -0.395 e. The third kappa shape index (κ3) is 2.77. The minimum absolute atomic E-state index is 0.0773. The second-order valence-electron chi connectivity index (χ2n) is 5.11. The summed E-state index contributed by atoms with van der Waals surface area (Å²) in [6.07, 6.45) is 0.748. The minimum atomic E-state index is -0.394. The fourth-order valence-electron chi connectivity index (χ4n) is 2.64. The number of aliphatic hydroxyl groups excluding tert-OH is 1. The molecule has 2 aromatic carbocycles. The molecule has 0 unspecified atom stereocenters. The molecular weight excluding hydrogens is 232 g/mol. The molecule has 0 spiro atoms. The second-order valence-corrected chi connectivity index (χ2v) is 5.11. The Labute approximate surface area is 115 Å². The highest BCUT2D eigenvalue weighted by molar-refractivity contribution is 5.41. The second kappa shape index (κ2) is 5.85. The van der Waals surface area contributed by atoms with E-state index in [9.17, 15) is 5.11 Å². The van der Waals surface area contributed by atoms with Gasteiger partial charge in [0.05, 0.1) is 6.61 Å². The van der Waals surface area contributed by atoms with Crippen LogP contribution in [0, 0.1) is 0 Å². The standard InChI is InChI=1S/C18H20O/c1-15(2)13-18(14-19,16-9-5-3-6-10-16)17-11-7-4-8-12-17/h3-12,19H,1,13-14H2,2H3. The topological polar surface area (TPSA) is 20.2 Å². The molecule has 0 aliphatic heterocycles. The van der Waals surface area contributed by atoms with Gasteiger partial charge in [0, 0.05) is 5.41 Å². The van der Waals surface area contributed by atoms with Gasteiger partial charge in [-0.05, 0) is 24.5 Å². The van der Waals surface area contributed by atoms with Crippen LogP contribution in [0.5, 0.6) is 0 Å². The fourth-order valence-corrected chi connectivity index (χ4v) is 2.64. The summed E-state index contributed by atoms with van der Waals surface area (Å²) in [5.74, 6) is 0. The lowest BCUT2D eigenvalue weighted by atomic mass is 9.71. The molecule has 0 saturated heterocycles. The van der Waals surface area contributed by atoms with Crippen molar-refractivity contribution >= 4 is 0 Å². The van der Waals surface area contributed by atoms with E-state index in [1.54, 1.807) is 0 Å². The van der Waals surface area contributed by atoms with Gasteiger partial charge in [0.25, 0.3) is 0 Å². The molecule has 0 saturated carbocycles. The molecule has 1 heteroatoms. The Morgan fingerprint density at radius 3 is 1.68 bits per heavy atom. The molecule has 0 bridgehead atoms. The number of aliphatic hydroxyl groups is 1. The van der Waals surface area contributed by atoms with Crippen LogP contribution in [-0.2, 0) is 5.41 Å². The summed E-state index contributed by atoms with van der Waals surface area (Å²) in [7, 11) is 0. The Kier molecular flexibility index (Phi) is 4.18. The van der Waals surface area contributed by atoms with Crippen LogP contribution < -0.4 is 0 Å². The van der Waals surface area contributed by atoms with Crippen molar-refractivity contribution in [2.45, 2.75) is 18.8 Å². The first-order valence-corrected chi connectivity index (χ1v) is 6.55. The Morgan fingerprint density at radius 1 is 0.947 bits per heavy atom. The van der Waals surface area contributed by atoms with Crippen LogP contribution in [0.15, 0.2) is 72.8 Å². The van der Waals surface area contributed by atoms with E-state index in [1.807, 2.05) is 43.3 Å². The van der Waals surface area contributed by atoms with E-state index in [1.165, 1.54) is 0 Å². The maximum Gasteiger partial charge on any atom is 0.0571 e. The van der Waals surface area contributed by atoms with Gasteiger partial charge < -0.3 is 5.11 Å². The van der Waals surface area contributed by atoms with Gasteiger partial charge in [-0.3, -0.25) is 0 Å². The molecule has 0 aromatic heterocycles. The van der Waals surface area contributed by atoms with Gasteiger partial charge in [-0.25, -0.2) is 0 Å². The summed E-state index contributed by atoms with van der Waals surface area (Å²) in [6, 6.07) is 20.4. The monoisotopic (exact) mass is 252 g/mol. The first-order chi connectivity index (χ1) is 9.19. The van der Waals surface area contributed by atoms with E-state index in [-0.39, 0.29) is 6.61 Å².